The monoisotopic (exact) mass is 295 g/mol. The molecule has 2 rings (SSSR count). The topological polar surface area (TPSA) is 55.3 Å². The SMILES string of the molecule is CC(C)(C)OC(=O)N1CCC(CSc2cnccn2)C1. The highest BCUT2D eigenvalue weighted by Gasteiger charge is 2.29. The predicted molar refractivity (Wildman–Crippen MR) is 78.7 cm³/mol. The number of hydrogen-bond acceptors (Lipinski definition) is 5. The number of nitrogens with zero attached hydrogens (tertiary/aromatic N) is 3. The number of carbonyl (C=O) groups excluding carboxylic acids is 1. The molecule has 110 valence electrons. The van der Waals surface area contributed by atoms with Gasteiger partial charge in [0.25, 0.3) is 0 Å². The number of ether oxygens (including phenoxy) is 1. The maximum absolute atomic E-state index is 12.0. The number of likely N-dealkylation sites (tertiary alicyclic amines) is 1. The van der Waals surface area contributed by atoms with Gasteiger partial charge in [0.05, 0.1) is 6.20 Å². The Morgan fingerprint density at radius 1 is 1.50 bits per heavy atom. The molecule has 6 heteroatoms. The van der Waals surface area contributed by atoms with Crippen LogP contribution in [0.15, 0.2) is 23.6 Å². The van der Waals surface area contributed by atoms with Crippen LogP contribution in [0.2, 0.25) is 0 Å². The van der Waals surface area contributed by atoms with Crippen molar-refractivity contribution < 1.29 is 9.53 Å². The van der Waals surface area contributed by atoms with Crippen molar-refractivity contribution in [2.75, 3.05) is 18.8 Å². The number of carbonyl (C=O) groups is 1. The molecule has 5 nitrogen and oxygen atoms in total. The Balaban J connectivity index is 1.76. The van der Waals surface area contributed by atoms with E-state index < -0.39 is 5.60 Å². The Morgan fingerprint density at radius 2 is 2.30 bits per heavy atom. The molecule has 20 heavy (non-hydrogen) atoms. The van der Waals surface area contributed by atoms with Gasteiger partial charge in [-0.25, -0.2) is 9.78 Å². The summed E-state index contributed by atoms with van der Waals surface area (Å²) in [6.07, 6.45) is 5.95. The zero-order chi connectivity index (χ0) is 14.6. The largest absolute Gasteiger partial charge is 0.444 e. The van der Waals surface area contributed by atoms with Gasteiger partial charge in [-0.3, -0.25) is 4.98 Å². The lowest BCUT2D eigenvalue weighted by Gasteiger charge is -2.24. The fourth-order valence-electron chi connectivity index (χ4n) is 2.02. The van der Waals surface area contributed by atoms with Crippen molar-refractivity contribution >= 4 is 17.9 Å². The Hall–Kier alpha value is -1.30. The third-order valence-corrected chi connectivity index (χ3v) is 4.09. The van der Waals surface area contributed by atoms with Crippen LogP contribution in [0.3, 0.4) is 0 Å². The Labute approximate surface area is 124 Å². The van der Waals surface area contributed by atoms with Gasteiger partial charge in [0.15, 0.2) is 0 Å². The van der Waals surface area contributed by atoms with E-state index in [1.807, 2.05) is 20.8 Å². The lowest BCUT2D eigenvalue weighted by Crippen LogP contribution is -2.35. The van der Waals surface area contributed by atoms with Gasteiger partial charge in [0.1, 0.15) is 10.6 Å². The molecule has 1 aliphatic heterocycles. The van der Waals surface area contributed by atoms with Crippen LogP contribution in [0.5, 0.6) is 0 Å². The number of thioether (sulfide) groups is 1. The van der Waals surface area contributed by atoms with Crippen molar-refractivity contribution in [3.63, 3.8) is 0 Å². The van der Waals surface area contributed by atoms with Crippen molar-refractivity contribution in [2.45, 2.75) is 37.8 Å². The summed E-state index contributed by atoms with van der Waals surface area (Å²) in [7, 11) is 0. The average Bonchev–Trinajstić information content (AvgIpc) is 2.84. The zero-order valence-corrected chi connectivity index (χ0v) is 13.0. The molecule has 1 unspecified atom stereocenters. The fourth-order valence-corrected chi connectivity index (χ4v) is 2.97. The smallest absolute Gasteiger partial charge is 0.410 e. The summed E-state index contributed by atoms with van der Waals surface area (Å²) < 4.78 is 5.39. The van der Waals surface area contributed by atoms with Crippen molar-refractivity contribution in [3.05, 3.63) is 18.6 Å². The van der Waals surface area contributed by atoms with E-state index in [2.05, 4.69) is 9.97 Å². The third kappa shape index (κ3) is 4.67. The molecule has 0 aliphatic carbocycles. The minimum Gasteiger partial charge on any atom is -0.444 e. The molecular weight excluding hydrogens is 274 g/mol. The average molecular weight is 295 g/mol. The molecule has 2 heterocycles. The van der Waals surface area contributed by atoms with Gasteiger partial charge in [-0.15, -0.1) is 11.8 Å². The maximum atomic E-state index is 12.0. The van der Waals surface area contributed by atoms with Crippen molar-refractivity contribution in [1.29, 1.82) is 0 Å². The first kappa shape index (κ1) is 15.1. The Kier molecular flexibility index (Phi) is 4.86. The molecule has 0 radical (unpaired) electrons. The summed E-state index contributed by atoms with van der Waals surface area (Å²) in [5, 5.41) is 0.934. The van der Waals surface area contributed by atoms with E-state index in [1.165, 1.54) is 0 Å². The number of aromatic nitrogens is 2. The van der Waals surface area contributed by atoms with Crippen LogP contribution in [-0.4, -0.2) is 45.4 Å². The first-order chi connectivity index (χ1) is 9.44. The molecule has 0 bridgehead atoms. The van der Waals surface area contributed by atoms with Crippen LogP contribution in [0.1, 0.15) is 27.2 Å². The van der Waals surface area contributed by atoms with E-state index >= 15 is 0 Å². The van der Waals surface area contributed by atoms with Crippen LogP contribution < -0.4 is 0 Å². The summed E-state index contributed by atoms with van der Waals surface area (Å²) in [6, 6.07) is 0. The summed E-state index contributed by atoms with van der Waals surface area (Å²) in [5.41, 5.74) is -0.427. The van der Waals surface area contributed by atoms with Gasteiger partial charge in [0.2, 0.25) is 0 Å². The first-order valence-electron chi connectivity index (χ1n) is 6.81. The molecule has 1 saturated heterocycles. The molecule has 1 aromatic rings. The van der Waals surface area contributed by atoms with Crippen LogP contribution >= 0.6 is 11.8 Å². The summed E-state index contributed by atoms with van der Waals surface area (Å²) >= 11 is 1.69. The lowest BCUT2D eigenvalue weighted by atomic mass is 10.2. The second-order valence-electron chi connectivity index (χ2n) is 5.94. The molecule has 0 aromatic carbocycles. The minimum absolute atomic E-state index is 0.204. The second kappa shape index (κ2) is 6.43. The van der Waals surface area contributed by atoms with Crippen LogP contribution in [-0.2, 0) is 4.74 Å². The number of rotatable bonds is 3. The van der Waals surface area contributed by atoms with Crippen LogP contribution in [0.25, 0.3) is 0 Å². The lowest BCUT2D eigenvalue weighted by molar-refractivity contribution is 0.0289. The predicted octanol–water partition coefficient (Wildman–Crippen LogP) is 2.83. The van der Waals surface area contributed by atoms with Gasteiger partial charge in [0, 0.05) is 31.2 Å². The Bertz CT molecular complexity index is 447. The summed E-state index contributed by atoms with van der Waals surface area (Å²) in [6.45, 7) is 7.22. The minimum atomic E-state index is -0.427. The molecule has 0 spiro atoms. The van der Waals surface area contributed by atoms with Crippen molar-refractivity contribution in [3.8, 4) is 0 Å². The van der Waals surface area contributed by atoms with E-state index in [4.69, 9.17) is 4.74 Å². The molecule has 1 fully saturated rings. The molecule has 1 aromatic heterocycles. The Morgan fingerprint density at radius 3 is 2.95 bits per heavy atom. The van der Waals surface area contributed by atoms with E-state index in [0.29, 0.717) is 5.92 Å². The maximum Gasteiger partial charge on any atom is 0.410 e. The van der Waals surface area contributed by atoms with Crippen molar-refractivity contribution in [2.24, 2.45) is 5.92 Å². The van der Waals surface area contributed by atoms with Gasteiger partial charge in [-0.2, -0.15) is 0 Å². The highest BCUT2D eigenvalue weighted by molar-refractivity contribution is 7.99. The standard InChI is InChI=1S/C14H21N3O2S/c1-14(2,3)19-13(18)17-7-4-11(9-17)10-20-12-8-15-5-6-16-12/h5-6,8,11H,4,7,9-10H2,1-3H3. The normalized spacial score (nSPS) is 19.1. The summed E-state index contributed by atoms with van der Waals surface area (Å²) in [5.74, 6) is 1.45. The first-order valence-corrected chi connectivity index (χ1v) is 7.79. The highest BCUT2D eigenvalue weighted by atomic mass is 32.2. The fraction of sp³-hybridized carbons (Fsp3) is 0.643. The van der Waals surface area contributed by atoms with Gasteiger partial charge >= 0.3 is 6.09 Å². The van der Waals surface area contributed by atoms with E-state index in [0.717, 1.165) is 30.3 Å². The molecule has 0 saturated carbocycles. The molecule has 0 N–H and O–H groups in total. The molecular formula is C14H21N3O2S. The van der Waals surface area contributed by atoms with Crippen molar-refractivity contribution in [1.82, 2.24) is 14.9 Å². The van der Waals surface area contributed by atoms with Gasteiger partial charge < -0.3 is 9.64 Å². The molecule has 1 atom stereocenters. The van der Waals surface area contributed by atoms with E-state index in [-0.39, 0.29) is 6.09 Å². The quantitative estimate of drug-likeness (QED) is 0.803. The molecule has 1 aliphatic rings. The highest BCUT2D eigenvalue weighted by Crippen LogP contribution is 2.25. The number of hydrogen-bond donors (Lipinski definition) is 0. The van der Waals surface area contributed by atoms with E-state index in [1.54, 1.807) is 35.3 Å². The zero-order valence-electron chi connectivity index (χ0n) is 12.2. The third-order valence-electron chi connectivity index (χ3n) is 2.94. The van der Waals surface area contributed by atoms with Gasteiger partial charge in [-0.05, 0) is 33.1 Å². The van der Waals surface area contributed by atoms with Crippen LogP contribution in [0, 0.1) is 5.92 Å². The van der Waals surface area contributed by atoms with Crippen LogP contribution in [0.4, 0.5) is 4.79 Å². The summed E-state index contributed by atoms with van der Waals surface area (Å²) in [4.78, 5) is 22.0. The second-order valence-corrected chi connectivity index (χ2v) is 6.98. The van der Waals surface area contributed by atoms with E-state index in [9.17, 15) is 4.79 Å². The van der Waals surface area contributed by atoms with Gasteiger partial charge in [-0.1, -0.05) is 0 Å². The molecule has 1 amide bonds. The number of amides is 1.